The summed E-state index contributed by atoms with van der Waals surface area (Å²) in [6, 6.07) is 4.63. The van der Waals surface area contributed by atoms with Gasteiger partial charge in [0.2, 0.25) is 0 Å². The summed E-state index contributed by atoms with van der Waals surface area (Å²) in [4.78, 5) is 8.69. The zero-order valence-electron chi connectivity index (χ0n) is 9.03. The Bertz CT molecular complexity index is 700. The van der Waals surface area contributed by atoms with Crippen LogP contribution in [0.2, 0.25) is 0 Å². The van der Waals surface area contributed by atoms with Gasteiger partial charge < -0.3 is 4.57 Å². The molecule has 3 nitrogen and oxygen atoms in total. The Kier molecular flexibility index (Phi) is 1.74. The molecule has 0 fully saturated rings. The van der Waals surface area contributed by atoms with Crippen LogP contribution in [0.5, 0.6) is 0 Å². The van der Waals surface area contributed by atoms with Crippen molar-refractivity contribution in [3.05, 3.63) is 36.0 Å². The van der Waals surface area contributed by atoms with Crippen LogP contribution < -0.4 is 0 Å². The van der Waals surface area contributed by atoms with Crippen LogP contribution in [0.15, 0.2) is 24.5 Å². The van der Waals surface area contributed by atoms with E-state index in [1.54, 1.807) is 12.4 Å². The molecule has 0 atom stereocenters. The molecule has 3 rings (SSSR count). The summed E-state index contributed by atoms with van der Waals surface area (Å²) in [5, 5.41) is 0.806. The van der Waals surface area contributed by atoms with Gasteiger partial charge in [0.1, 0.15) is 11.3 Å². The van der Waals surface area contributed by atoms with Gasteiger partial charge in [-0.05, 0) is 25.1 Å². The standard InChI is InChI=1S/C12H10FN3/c1-7-11-12(16(2)6-14-11)9-5-8(13)3-4-10(9)15-7/h3-6H,1-2H3. The van der Waals surface area contributed by atoms with Gasteiger partial charge in [0.05, 0.1) is 23.1 Å². The number of fused-ring (bicyclic) bond motifs is 3. The lowest BCUT2D eigenvalue weighted by molar-refractivity contribution is 0.629. The highest BCUT2D eigenvalue weighted by molar-refractivity contribution is 6.03. The molecule has 0 N–H and O–H groups in total. The Morgan fingerprint density at radius 2 is 2.12 bits per heavy atom. The smallest absolute Gasteiger partial charge is 0.124 e. The largest absolute Gasteiger partial charge is 0.333 e. The molecule has 0 unspecified atom stereocenters. The minimum absolute atomic E-state index is 0.249. The monoisotopic (exact) mass is 215 g/mol. The Balaban J connectivity index is 2.64. The van der Waals surface area contributed by atoms with Crippen molar-refractivity contribution in [3.8, 4) is 0 Å². The third kappa shape index (κ3) is 1.13. The maximum Gasteiger partial charge on any atom is 0.124 e. The zero-order valence-corrected chi connectivity index (χ0v) is 9.03. The van der Waals surface area contributed by atoms with Crippen molar-refractivity contribution < 1.29 is 4.39 Å². The summed E-state index contributed by atoms with van der Waals surface area (Å²) < 4.78 is 15.1. The third-order valence-corrected chi connectivity index (χ3v) is 2.78. The maximum atomic E-state index is 13.2. The average molecular weight is 215 g/mol. The fourth-order valence-corrected chi connectivity index (χ4v) is 2.04. The number of aryl methyl sites for hydroxylation is 2. The Labute approximate surface area is 91.5 Å². The highest BCUT2D eigenvalue weighted by Gasteiger charge is 2.10. The van der Waals surface area contributed by atoms with Gasteiger partial charge in [0.25, 0.3) is 0 Å². The van der Waals surface area contributed by atoms with Gasteiger partial charge >= 0.3 is 0 Å². The fraction of sp³-hybridized carbons (Fsp3) is 0.167. The van der Waals surface area contributed by atoms with E-state index in [0.717, 1.165) is 27.6 Å². The second-order valence-electron chi connectivity index (χ2n) is 3.91. The van der Waals surface area contributed by atoms with Crippen molar-refractivity contribution >= 4 is 21.9 Å². The van der Waals surface area contributed by atoms with Crippen LogP contribution in [0, 0.1) is 12.7 Å². The molecule has 2 aromatic heterocycles. The molecule has 0 bridgehead atoms. The van der Waals surface area contributed by atoms with Gasteiger partial charge in [-0.2, -0.15) is 0 Å². The molecule has 0 saturated heterocycles. The van der Waals surface area contributed by atoms with E-state index in [0.29, 0.717) is 0 Å². The van der Waals surface area contributed by atoms with Gasteiger partial charge in [0, 0.05) is 12.4 Å². The first-order valence-electron chi connectivity index (χ1n) is 5.04. The quantitative estimate of drug-likeness (QED) is 0.577. The predicted octanol–water partition coefficient (Wildman–Crippen LogP) is 2.57. The van der Waals surface area contributed by atoms with E-state index in [9.17, 15) is 4.39 Å². The van der Waals surface area contributed by atoms with Gasteiger partial charge in [-0.1, -0.05) is 0 Å². The van der Waals surface area contributed by atoms with E-state index in [1.165, 1.54) is 12.1 Å². The zero-order chi connectivity index (χ0) is 11.3. The van der Waals surface area contributed by atoms with Gasteiger partial charge in [-0.25, -0.2) is 9.37 Å². The number of aromatic nitrogens is 3. The van der Waals surface area contributed by atoms with Crippen LogP contribution in [-0.4, -0.2) is 14.5 Å². The SMILES string of the molecule is Cc1nc2ccc(F)cc2c2c1ncn2C. The number of halogens is 1. The highest BCUT2D eigenvalue weighted by Crippen LogP contribution is 2.25. The van der Waals surface area contributed by atoms with E-state index < -0.39 is 0 Å². The van der Waals surface area contributed by atoms with Crippen LogP contribution >= 0.6 is 0 Å². The number of benzene rings is 1. The summed E-state index contributed by atoms with van der Waals surface area (Å²) in [5.74, 6) is -0.249. The highest BCUT2D eigenvalue weighted by atomic mass is 19.1. The molecule has 0 aliphatic heterocycles. The molecule has 0 saturated carbocycles. The molecule has 0 amide bonds. The topological polar surface area (TPSA) is 30.7 Å². The number of rotatable bonds is 0. The van der Waals surface area contributed by atoms with E-state index >= 15 is 0 Å². The molecule has 3 aromatic rings. The predicted molar refractivity (Wildman–Crippen MR) is 60.7 cm³/mol. The Hall–Kier alpha value is -1.97. The molecule has 2 heterocycles. The molecule has 16 heavy (non-hydrogen) atoms. The summed E-state index contributed by atoms with van der Waals surface area (Å²) >= 11 is 0. The van der Waals surface area contributed by atoms with Gasteiger partial charge in [-0.15, -0.1) is 0 Å². The van der Waals surface area contributed by atoms with Crippen LogP contribution in [0.25, 0.3) is 21.9 Å². The van der Waals surface area contributed by atoms with Crippen LogP contribution in [0.1, 0.15) is 5.69 Å². The average Bonchev–Trinajstić information content (AvgIpc) is 2.63. The van der Waals surface area contributed by atoms with Crippen LogP contribution in [-0.2, 0) is 7.05 Å². The first-order valence-corrected chi connectivity index (χ1v) is 5.04. The molecule has 1 aromatic carbocycles. The lowest BCUT2D eigenvalue weighted by Crippen LogP contribution is -1.91. The van der Waals surface area contributed by atoms with Crippen molar-refractivity contribution in [1.82, 2.24) is 14.5 Å². The Morgan fingerprint density at radius 3 is 2.94 bits per heavy atom. The third-order valence-electron chi connectivity index (χ3n) is 2.78. The molecule has 0 radical (unpaired) electrons. The number of hydrogen-bond donors (Lipinski definition) is 0. The van der Waals surface area contributed by atoms with Crippen LogP contribution in [0.4, 0.5) is 4.39 Å². The lowest BCUT2D eigenvalue weighted by Gasteiger charge is -2.03. The number of hydrogen-bond acceptors (Lipinski definition) is 2. The van der Waals surface area contributed by atoms with Gasteiger partial charge in [-0.3, -0.25) is 4.98 Å². The van der Waals surface area contributed by atoms with Gasteiger partial charge in [0.15, 0.2) is 0 Å². The van der Waals surface area contributed by atoms with E-state index in [1.807, 2.05) is 18.5 Å². The second-order valence-corrected chi connectivity index (χ2v) is 3.91. The van der Waals surface area contributed by atoms with E-state index in [-0.39, 0.29) is 5.82 Å². The molecular weight excluding hydrogens is 205 g/mol. The molecule has 0 aliphatic rings. The molecule has 80 valence electrons. The minimum Gasteiger partial charge on any atom is -0.333 e. The minimum atomic E-state index is -0.249. The maximum absolute atomic E-state index is 13.2. The normalized spacial score (nSPS) is 11.4. The van der Waals surface area contributed by atoms with Crippen molar-refractivity contribution in [2.75, 3.05) is 0 Å². The summed E-state index contributed by atoms with van der Waals surface area (Å²) in [6.45, 7) is 1.91. The lowest BCUT2D eigenvalue weighted by atomic mass is 10.1. The Morgan fingerprint density at radius 1 is 1.31 bits per heavy atom. The summed E-state index contributed by atoms with van der Waals surface area (Å²) in [6.07, 6.45) is 1.73. The van der Waals surface area contributed by atoms with E-state index in [4.69, 9.17) is 0 Å². The van der Waals surface area contributed by atoms with Crippen molar-refractivity contribution in [2.24, 2.45) is 7.05 Å². The first-order chi connectivity index (χ1) is 7.66. The number of nitrogens with zero attached hydrogens (tertiary/aromatic N) is 3. The molecular formula is C12H10FN3. The first kappa shape index (κ1) is 9.27. The fourth-order valence-electron chi connectivity index (χ4n) is 2.04. The van der Waals surface area contributed by atoms with Crippen molar-refractivity contribution in [2.45, 2.75) is 6.92 Å². The van der Waals surface area contributed by atoms with Crippen LogP contribution in [0.3, 0.4) is 0 Å². The molecule has 4 heteroatoms. The number of imidazole rings is 1. The second kappa shape index (κ2) is 3.01. The number of pyridine rings is 1. The summed E-state index contributed by atoms with van der Waals surface area (Å²) in [5.41, 5.74) is 3.44. The molecule has 0 spiro atoms. The van der Waals surface area contributed by atoms with Crippen molar-refractivity contribution in [1.29, 1.82) is 0 Å². The van der Waals surface area contributed by atoms with E-state index in [2.05, 4.69) is 9.97 Å². The molecule has 0 aliphatic carbocycles. The summed E-state index contributed by atoms with van der Waals surface area (Å²) in [7, 11) is 1.90. The van der Waals surface area contributed by atoms with Crippen molar-refractivity contribution in [3.63, 3.8) is 0 Å².